The zero-order chi connectivity index (χ0) is 12.3. The molecule has 0 aromatic carbocycles. The molecule has 1 nitrogen and oxygen atoms in total. The highest BCUT2D eigenvalue weighted by atomic mass is 16.5. The number of fused-ring (bicyclic) bond motifs is 2. The summed E-state index contributed by atoms with van der Waals surface area (Å²) in [5.41, 5.74) is 3.45. The fraction of sp³-hybridized carbons (Fsp3) is 0.867. The van der Waals surface area contributed by atoms with E-state index in [0.717, 1.165) is 6.42 Å². The van der Waals surface area contributed by atoms with Gasteiger partial charge in [-0.1, -0.05) is 38.8 Å². The zero-order valence-electron chi connectivity index (χ0n) is 11.8. The van der Waals surface area contributed by atoms with Crippen molar-refractivity contribution in [3.8, 4) is 0 Å². The van der Waals surface area contributed by atoms with Crippen molar-refractivity contribution < 1.29 is 4.74 Å². The van der Waals surface area contributed by atoms with E-state index in [0.29, 0.717) is 17.9 Å². The lowest BCUT2D eigenvalue weighted by Gasteiger charge is -2.46. The quantitative estimate of drug-likeness (QED) is 0.605. The monoisotopic (exact) mass is 222 g/mol. The van der Waals surface area contributed by atoms with Gasteiger partial charge in [0.25, 0.3) is 0 Å². The van der Waals surface area contributed by atoms with E-state index in [4.69, 9.17) is 4.74 Å². The van der Waals surface area contributed by atoms with Crippen LogP contribution in [0.3, 0.4) is 0 Å². The smallest absolute Gasteiger partial charge is 0.0803 e. The Balaban J connectivity index is 2.61. The second kappa shape index (κ2) is 3.35. The van der Waals surface area contributed by atoms with Crippen LogP contribution in [0.25, 0.3) is 0 Å². The van der Waals surface area contributed by atoms with Gasteiger partial charge in [0.2, 0.25) is 0 Å². The summed E-state index contributed by atoms with van der Waals surface area (Å²) < 4.78 is 6.37. The highest BCUT2D eigenvalue weighted by molar-refractivity contribution is 5.37. The molecule has 2 rings (SSSR count). The normalized spacial score (nSPS) is 45.2. The van der Waals surface area contributed by atoms with Gasteiger partial charge in [0.05, 0.1) is 11.7 Å². The lowest BCUT2D eigenvalue weighted by molar-refractivity contribution is -0.124. The van der Waals surface area contributed by atoms with Crippen molar-refractivity contribution in [2.24, 2.45) is 17.3 Å². The van der Waals surface area contributed by atoms with E-state index >= 15 is 0 Å². The number of hydrogen-bond acceptors (Lipinski definition) is 1. The van der Waals surface area contributed by atoms with E-state index in [-0.39, 0.29) is 11.0 Å². The Bertz CT molecular complexity index is 335. The molecule has 1 saturated heterocycles. The van der Waals surface area contributed by atoms with Crippen molar-refractivity contribution in [3.63, 3.8) is 0 Å². The Labute approximate surface area is 100 Å². The summed E-state index contributed by atoms with van der Waals surface area (Å²) in [6.45, 7) is 16.2. The first-order valence-corrected chi connectivity index (χ1v) is 6.65. The predicted molar refractivity (Wildman–Crippen MR) is 68.4 cm³/mol. The van der Waals surface area contributed by atoms with Crippen LogP contribution in [0.4, 0.5) is 0 Å². The van der Waals surface area contributed by atoms with E-state index < -0.39 is 0 Å². The van der Waals surface area contributed by atoms with Crippen LogP contribution in [0.2, 0.25) is 0 Å². The van der Waals surface area contributed by atoms with Crippen LogP contribution in [-0.4, -0.2) is 11.7 Å². The van der Waals surface area contributed by atoms with E-state index in [1.807, 2.05) is 0 Å². The largest absolute Gasteiger partial charge is 0.370 e. The van der Waals surface area contributed by atoms with Crippen molar-refractivity contribution in [1.29, 1.82) is 0 Å². The number of ether oxygens (including phenoxy) is 1. The molecule has 2 aliphatic rings. The first-order chi connectivity index (χ1) is 7.29. The molecule has 16 heavy (non-hydrogen) atoms. The van der Waals surface area contributed by atoms with E-state index in [9.17, 15) is 0 Å². The summed E-state index contributed by atoms with van der Waals surface area (Å²) in [7, 11) is 0. The average molecular weight is 222 g/mol. The van der Waals surface area contributed by atoms with Gasteiger partial charge in [0, 0.05) is 11.3 Å². The van der Waals surface area contributed by atoms with Gasteiger partial charge in [-0.3, -0.25) is 0 Å². The van der Waals surface area contributed by atoms with E-state index in [1.165, 1.54) is 5.57 Å². The van der Waals surface area contributed by atoms with Crippen LogP contribution >= 0.6 is 0 Å². The highest BCUT2D eigenvalue weighted by Gasteiger charge is 2.67. The highest BCUT2D eigenvalue weighted by Crippen LogP contribution is 2.66. The fourth-order valence-electron chi connectivity index (χ4n) is 4.86. The molecular weight excluding hydrogens is 196 g/mol. The van der Waals surface area contributed by atoms with Crippen molar-refractivity contribution in [3.05, 3.63) is 11.1 Å². The van der Waals surface area contributed by atoms with Crippen molar-refractivity contribution in [2.75, 3.05) is 0 Å². The van der Waals surface area contributed by atoms with Gasteiger partial charge in [0.1, 0.15) is 0 Å². The molecule has 1 heteroatoms. The average Bonchev–Trinajstić information content (AvgIpc) is 2.50. The maximum Gasteiger partial charge on any atom is 0.0803 e. The Morgan fingerprint density at radius 1 is 1.25 bits per heavy atom. The lowest BCUT2D eigenvalue weighted by Crippen LogP contribution is -2.47. The zero-order valence-corrected chi connectivity index (χ0v) is 11.8. The van der Waals surface area contributed by atoms with Crippen LogP contribution in [0.15, 0.2) is 11.1 Å². The van der Waals surface area contributed by atoms with Crippen LogP contribution in [-0.2, 0) is 4.74 Å². The topological polar surface area (TPSA) is 9.23 Å². The summed E-state index contributed by atoms with van der Waals surface area (Å²) in [6, 6.07) is 0. The molecular formula is C15H26O. The number of hydrogen-bond donors (Lipinski definition) is 0. The Morgan fingerprint density at radius 2 is 1.81 bits per heavy atom. The maximum atomic E-state index is 6.37. The first kappa shape index (κ1) is 12.2. The van der Waals surface area contributed by atoms with Gasteiger partial charge in [0.15, 0.2) is 0 Å². The third kappa shape index (κ3) is 1.11. The van der Waals surface area contributed by atoms with Crippen LogP contribution in [0.1, 0.15) is 54.9 Å². The summed E-state index contributed by atoms with van der Waals surface area (Å²) in [4.78, 5) is 0. The van der Waals surface area contributed by atoms with Crippen LogP contribution in [0.5, 0.6) is 0 Å². The van der Waals surface area contributed by atoms with Gasteiger partial charge in [-0.05, 0) is 33.1 Å². The van der Waals surface area contributed by atoms with Crippen molar-refractivity contribution >= 4 is 0 Å². The van der Waals surface area contributed by atoms with Crippen LogP contribution < -0.4 is 0 Å². The molecule has 1 unspecified atom stereocenters. The maximum absolute atomic E-state index is 6.37. The molecule has 1 aliphatic carbocycles. The van der Waals surface area contributed by atoms with Gasteiger partial charge >= 0.3 is 0 Å². The van der Waals surface area contributed by atoms with Gasteiger partial charge < -0.3 is 4.74 Å². The van der Waals surface area contributed by atoms with E-state index in [1.54, 1.807) is 5.57 Å². The molecule has 1 saturated carbocycles. The Hall–Kier alpha value is -0.300. The Morgan fingerprint density at radius 3 is 2.12 bits per heavy atom. The molecule has 0 spiro atoms. The van der Waals surface area contributed by atoms with Crippen molar-refractivity contribution in [1.82, 2.24) is 0 Å². The molecule has 0 aromatic heterocycles. The number of rotatable bonds is 1. The van der Waals surface area contributed by atoms with Gasteiger partial charge in [-0.15, -0.1) is 0 Å². The standard InChI is InChI=1S/C15H26O/c1-8-15-10(4)12(11(5)16-15)13(9(2)3)14(15,6)7/h10-12H,8H2,1-7H3/t10-,11-,12?,15+/m0/s1. The molecule has 0 amide bonds. The summed E-state index contributed by atoms with van der Waals surface area (Å²) in [6.07, 6.45) is 1.52. The van der Waals surface area contributed by atoms with Crippen LogP contribution in [0, 0.1) is 17.3 Å². The molecule has 0 radical (unpaired) electrons. The molecule has 4 atom stereocenters. The van der Waals surface area contributed by atoms with Gasteiger partial charge in [-0.25, -0.2) is 0 Å². The second-order valence-corrected chi connectivity index (χ2v) is 6.42. The SMILES string of the molecule is CC[C@]12O[C@@H](C)C(C(=C(C)C)C1(C)C)[C@@H]2C. The predicted octanol–water partition coefficient (Wildman–Crippen LogP) is 4.18. The fourth-order valence-corrected chi connectivity index (χ4v) is 4.86. The molecule has 2 bridgehead atoms. The summed E-state index contributed by atoms with van der Waals surface area (Å²) in [5.74, 6) is 1.30. The molecule has 2 fully saturated rings. The summed E-state index contributed by atoms with van der Waals surface area (Å²) >= 11 is 0. The second-order valence-electron chi connectivity index (χ2n) is 6.42. The Kier molecular flexibility index (Phi) is 2.55. The molecule has 0 N–H and O–H groups in total. The summed E-state index contributed by atoms with van der Waals surface area (Å²) in [5, 5.41) is 0. The minimum atomic E-state index is 0.0731. The molecule has 1 heterocycles. The third-order valence-corrected chi connectivity index (χ3v) is 5.30. The number of allylic oxidation sites excluding steroid dienone is 1. The minimum Gasteiger partial charge on any atom is -0.370 e. The van der Waals surface area contributed by atoms with Gasteiger partial charge in [-0.2, -0.15) is 0 Å². The lowest BCUT2D eigenvalue weighted by atomic mass is 9.70. The molecule has 92 valence electrons. The third-order valence-electron chi connectivity index (χ3n) is 5.30. The minimum absolute atomic E-state index is 0.0731. The molecule has 1 aliphatic heterocycles. The molecule has 0 aromatic rings. The first-order valence-electron chi connectivity index (χ1n) is 6.65. The van der Waals surface area contributed by atoms with Crippen molar-refractivity contribution in [2.45, 2.75) is 66.6 Å². The van der Waals surface area contributed by atoms with E-state index in [2.05, 4.69) is 48.5 Å².